The lowest BCUT2D eigenvalue weighted by Crippen LogP contribution is -2.29. The summed E-state index contributed by atoms with van der Waals surface area (Å²) in [6.45, 7) is 5.04. The molecule has 120 valence electrons. The molecule has 3 rings (SSSR count). The zero-order chi connectivity index (χ0) is 15.2. The zero-order valence-corrected chi connectivity index (χ0v) is 13.3. The van der Waals surface area contributed by atoms with Gasteiger partial charge in [0.05, 0.1) is 6.54 Å². The first-order valence-electron chi connectivity index (χ1n) is 8.61. The topological polar surface area (TPSA) is 44.4 Å². The number of carbonyl (C=O) groups excluding carboxylic acids is 1. The van der Waals surface area contributed by atoms with Crippen molar-refractivity contribution in [3.63, 3.8) is 0 Å². The van der Waals surface area contributed by atoms with Crippen molar-refractivity contribution in [3.8, 4) is 0 Å². The van der Waals surface area contributed by atoms with Crippen LogP contribution in [0.5, 0.6) is 0 Å². The maximum absolute atomic E-state index is 11.8. The highest BCUT2D eigenvalue weighted by atomic mass is 16.1. The van der Waals surface area contributed by atoms with Gasteiger partial charge in [-0.2, -0.15) is 0 Å². The standard InChI is InChI=1S/C18H27N3O/c22-18(14-19-13-16-3-4-16)20-17-7-5-15(6-8-17)9-12-21-10-1-2-11-21/h5-8,16,19H,1-4,9-14H2,(H,20,22). The van der Waals surface area contributed by atoms with Gasteiger partial charge in [-0.25, -0.2) is 0 Å². The molecular formula is C18H27N3O. The van der Waals surface area contributed by atoms with E-state index in [4.69, 9.17) is 0 Å². The van der Waals surface area contributed by atoms with Crippen LogP contribution in [-0.4, -0.2) is 43.5 Å². The Labute approximate surface area is 133 Å². The van der Waals surface area contributed by atoms with E-state index >= 15 is 0 Å². The minimum Gasteiger partial charge on any atom is -0.325 e. The molecule has 1 saturated carbocycles. The first kappa shape index (κ1) is 15.5. The van der Waals surface area contributed by atoms with Gasteiger partial charge in [0.2, 0.25) is 5.91 Å². The molecule has 1 aromatic carbocycles. The molecule has 1 heterocycles. The lowest BCUT2D eigenvalue weighted by molar-refractivity contribution is -0.115. The Morgan fingerprint density at radius 2 is 1.86 bits per heavy atom. The maximum atomic E-state index is 11.8. The molecule has 1 saturated heterocycles. The van der Waals surface area contributed by atoms with Gasteiger partial charge in [-0.1, -0.05) is 12.1 Å². The van der Waals surface area contributed by atoms with Crippen LogP contribution >= 0.6 is 0 Å². The van der Waals surface area contributed by atoms with E-state index in [2.05, 4.69) is 27.7 Å². The van der Waals surface area contributed by atoms with Crippen molar-refractivity contribution in [1.82, 2.24) is 10.2 Å². The van der Waals surface area contributed by atoms with Gasteiger partial charge in [-0.05, 0) is 75.4 Å². The fourth-order valence-corrected chi connectivity index (χ4v) is 2.97. The second kappa shape index (κ2) is 7.75. The Morgan fingerprint density at radius 3 is 2.55 bits per heavy atom. The monoisotopic (exact) mass is 301 g/mol. The number of likely N-dealkylation sites (tertiary alicyclic amines) is 1. The van der Waals surface area contributed by atoms with Crippen molar-refractivity contribution >= 4 is 11.6 Å². The minimum atomic E-state index is 0.0467. The van der Waals surface area contributed by atoms with Crippen molar-refractivity contribution in [1.29, 1.82) is 0 Å². The Kier molecular flexibility index (Phi) is 5.46. The van der Waals surface area contributed by atoms with Gasteiger partial charge in [0.25, 0.3) is 0 Å². The number of amides is 1. The van der Waals surface area contributed by atoms with Gasteiger partial charge in [0, 0.05) is 12.2 Å². The summed E-state index contributed by atoms with van der Waals surface area (Å²) in [5, 5.41) is 6.16. The second-order valence-electron chi connectivity index (χ2n) is 6.62. The van der Waals surface area contributed by atoms with Gasteiger partial charge in [-0.3, -0.25) is 4.79 Å². The second-order valence-corrected chi connectivity index (χ2v) is 6.62. The summed E-state index contributed by atoms with van der Waals surface area (Å²) in [5.74, 6) is 0.855. The highest BCUT2D eigenvalue weighted by Crippen LogP contribution is 2.27. The Balaban J connectivity index is 1.37. The van der Waals surface area contributed by atoms with Crippen LogP contribution in [0.1, 0.15) is 31.2 Å². The van der Waals surface area contributed by atoms with Gasteiger partial charge >= 0.3 is 0 Å². The summed E-state index contributed by atoms with van der Waals surface area (Å²) in [6.07, 6.45) is 6.41. The molecule has 1 aliphatic carbocycles. The third-order valence-corrected chi connectivity index (χ3v) is 4.57. The third-order valence-electron chi connectivity index (χ3n) is 4.57. The van der Waals surface area contributed by atoms with Gasteiger partial charge in [0.15, 0.2) is 0 Å². The molecule has 0 atom stereocenters. The van der Waals surface area contributed by atoms with Crippen LogP contribution in [0.3, 0.4) is 0 Å². The van der Waals surface area contributed by atoms with E-state index in [9.17, 15) is 4.79 Å². The molecule has 1 amide bonds. The van der Waals surface area contributed by atoms with E-state index in [0.29, 0.717) is 6.54 Å². The summed E-state index contributed by atoms with van der Waals surface area (Å²) in [7, 11) is 0. The Bertz CT molecular complexity index is 476. The smallest absolute Gasteiger partial charge is 0.238 e. The molecule has 4 heteroatoms. The molecule has 2 N–H and O–H groups in total. The van der Waals surface area contributed by atoms with Crippen LogP contribution in [0, 0.1) is 5.92 Å². The Morgan fingerprint density at radius 1 is 1.14 bits per heavy atom. The number of nitrogens with one attached hydrogen (secondary N) is 2. The van der Waals surface area contributed by atoms with E-state index in [1.54, 1.807) is 0 Å². The lowest BCUT2D eigenvalue weighted by atomic mass is 10.1. The van der Waals surface area contributed by atoms with Crippen molar-refractivity contribution < 1.29 is 4.79 Å². The maximum Gasteiger partial charge on any atom is 0.238 e. The van der Waals surface area contributed by atoms with E-state index in [1.807, 2.05) is 12.1 Å². The largest absolute Gasteiger partial charge is 0.325 e. The number of hydrogen-bond acceptors (Lipinski definition) is 3. The number of hydrogen-bond donors (Lipinski definition) is 2. The zero-order valence-electron chi connectivity index (χ0n) is 13.3. The summed E-state index contributed by atoms with van der Waals surface area (Å²) < 4.78 is 0. The lowest BCUT2D eigenvalue weighted by Gasteiger charge is -2.14. The fraction of sp³-hybridized carbons (Fsp3) is 0.611. The molecule has 0 spiro atoms. The fourth-order valence-electron chi connectivity index (χ4n) is 2.97. The van der Waals surface area contributed by atoms with Crippen molar-refractivity contribution in [3.05, 3.63) is 29.8 Å². The van der Waals surface area contributed by atoms with Crippen LogP contribution in [0.2, 0.25) is 0 Å². The van der Waals surface area contributed by atoms with Crippen molar-refractivity contribution in [2.75, 3.05) is 38.0 Å². The Hall–Kier alpha value is -1.39. The molecule has 4 nitrogen and oxygen atoms in total. The normalized spacial score (nSPS) is 18.5. The van der Waals surface area contributed by atoms with Crippen LogP contribution < -0.4 is 10.6 Å². The van der Waals surface area contributed by atoms with Gasteiger partial charge in [-0.15, -0.1) is 0 Å². The molecule has 2 aliphatic rings. The third kappa shape index (κ3) is 5.11. The SMILES string of the molecule is O=C(CNCC1CC1)Nc1ccc(CCN2CCCC2)cc1. The molecule has 0 bridgehead atoms. The average Bonchev–Trinajstić information content (AvgIpc) is 3.20. The van der Waals surface area contributed by atoms with E-state index < -0.39 is 0 Å². The predicted molar refractivity (Wildman–Crippen MR) is 90.0 cm³/mol. The average molecular weight is 301 g/mol. The summed E-state index contributed by atoms with van der Waals surface area (Å²) in [6, 6.07) is 8.28. The van der Waals surface area contributed by atoms with E-state index in [1.165, 1.54) is 44.3 Å². The number of rotatable bonds is 8. The van der Waals surface area contributed by atoms with E-state index in [-0.39, 0.29) is 5.91 Å². The minimum absolute atomic E-state index is 0.0467. The summed E-state index contributed by atoms with van der Waals surface area (Å²) >= 11 is 0. The molecule has 22 heavy (non-hydrogen) atoms. The summed E-state index contributed by atoms with van der Waals surface area (Å²) in [5.41, 5.74) is 2.24. The number of anilines is 1. The molecule has 1 aromatic rings. The van der Waals surface area contributed by atoms with Crippen molar-refractivity contribution in [2.24, 2.45) is 5.92 Å². The number of nitrogens with zero attached hydrogens (tertiary/aromatic N) is 1. The van der Waals surface area contributed by atoms with Crippen molar-refractivity contribution in [2.45, 2.75) is 32.1 Å². The van der Waals surface area contributed by atoms with Crippen LogP contribution in [0.15, 0.2) is 24.3 Å². The predicted octanol–water partition coefficient (Wildman–Crippen LogP) is 2.26. The number of carbonyl (C=O) groups is 1. The molecule has 0 unspecified atom stereocenters. The molecular weight excluding hydrogens is 274 g/mol. The molecule has 0 aromatic heterocycles. The highest BCUT2D eigenvalue weighted by Gasteiger charge is 2.20. The van der Waals surface area contributed by atoms with Gasteiger partial charge < -0.3 is 15.5 Å². The number of benzene rings is 1. The first-order chi connectivity index (χ1) is 10.8. The summed E-state index contributed by atoms with van der Waals surface area (Å²) in [4.78, 5) is 14.3. The van der Waals surface area contributed by atoms with Gasteiger partial charge in [0.1, 0.15) is 0 Å². The van der Waals surface area contributed by atoms with Crippen LogP contribution in [0.4, 0.5) is 5.69 Å². The molecule has 0 radical (unpaired) electrons. The highest BCUT2D eigenvalue weighted by molar-refractivity contribution is 5.92. The van der Waals surface area contributed by atoms with Crippen LogP contribution in [0.25, 0.3) is 0 Å². The first-order valence-corrected chi connectivity index (χ1v) is 8.61. The quantitative estimate of drug-likeness (QED) is 0.774. The molecule has 2 fully saturated rings. The molecule has 1 aliphatic heterocycles. The van der Waals surface area contributed by atoms with E-state index in [0.717, 1.165) is 31.1 Å². The van der Waals surface area contributed by atoms with Crippen LogP contribution in [-0.2, 0) is 11.2 Å².